The maximum absolute atomic E-state index is 10.9. The Bertz CT molecular complexity index is 217. The largest absolute Gasteiger partial charge is 0.452 e. The Kier molecular flexibility index (Phi) is 5.59. The number of carbonyl (C=O) groups is 1. The molecule has 0 unspecified atom stereocenters. The van der Waals surface area contributed by atoms with Crippen molar-refractivity contribution in [2.24, 2.45) is 5.73 Å². The highest BCUT2D eigenvalue weighted by atomic mass is 32.1. The van der Waals surface area contributed by atoms with Crippen molar-refractivity contribution in [1.82, 2.24) is 0 Å². The van der Waals surface area contributed by atoms with Gasteiger partial charge in [-0.3, -0.25) is 9.36 Å². The van der Waals surface area contributed by atoms with Crippen molar-refractivity contribution >= 4 is 26.2 Å². The molecule has 0 fully saturated rings. The van der Waals surface area contributed by atoms with Gasteiger partial charge in [0, 0.05) is 0 Å². The van der Waals surface area contributed by atoms with Crippen molar-refractivity contribution in [3.05, 3.63) is 0 Å². The molecule has 0 saturated heterocycles. The Hall–Kier alpha value is -0.0700. The summed E-state index contributed by atoms with van der Waals surface area (Å²) in [6.45, 7) is 0. The molecule has 0 heterocycles. The normalized spacial score (nSPS) is 13.8. The van der Waals surface area contributed by atoms with E-state index in [1.165, 1.54) is 0 Å². The van der Waals surface area contributed by atoms with Gasteiger partial charge in [0.2, 0.25) is 0 Å². The molecule has 0 amide bonds. The van der Waals surface area contributed by atoms with Gasteiger partial charge in [-0.2, -0.15) is 12.6 Å². The molecule has 13 heavy (non-hydrogen) atoms. The predicted octanol–water partition coefficient (Wildman–Crippen LogP) is -0.688. The molecule has 0 spiro atoms. The Morgan fingerprint density at radius 1 is 1.62 bits per heavy atom. The molecule has 78 valence electrons. The van der Waals surface area contributed by atoms with Gasteiger partial charge < -0.3 is 20.3 Å². The average molecular weight is 229 g/mol. The van der Waals surface area contributed by atoms with Crippen LogP contribution in [0.5, 0.6) is 0 Å². The summed E-state index contributed by atoms with van der Waals surface area (Å²) in [5.41, 5.74) is 5.28. The highest BCUT2D eigenvalue weighted by Gasteiger charge is 2.20. The maximum atomic E-state index is 10.9. The number of rotatable bonds is 5. The van der Waals surface area contributed by atoms with Crippen LogP contribution in [0.2, 0.25) is 0 Å². The second-order valence-electron chi connectivity index (χ2n) is 2.38. The van der Waals surface area contributed by atoms with Crippen molar-refractivity contribution in [3.63, 3.8) is 0 Å². The topological polar surface area (TPSA) is 110 Å². The van der Waals surface area contributed by atoms with E-state index in [-0.39, 0.29) is 0 Å². The van der Waals surface area contributed by atoms with E-state index < -0.39 is 26.0 Å². The highest BCUT2D eigenvalue weighted by molar-refractivity contribution is 7.80. The summed E-state index contributed by atoms with van der Waals surface area (Å²) >= 11 is 3.84. The van der Waals surface area contributed by atoms with Gasteiger partial charge in [-0.05, 0) is 12.2 Å². The third-order valence-electron chi connectivity index (χ3n) is 1.12. The van der Waals surface area contributed by atoms with Crippen molar-refractivity contribution < 1.29 is 23.9 Å². The summed E-state index contributed by atoms with van der Waals surface area (Å²) in [4.78, 5) is 27.6. The number of nitrogens with two attached hydrogens (primary N) is 1. The minimum atomic E-state index is -4.30. The van der Waals surface area contributed by atoms with Crippen LogP contribution in [0.15, 0.2) is 0 Å². The van der Waals surface area contributed by atoms with E-state index >= 15 is 0 Å². The summed E-state index contributed by atoms with van der Waals surface area (Å²) in [6, 6.07) is -0.871. The van der Waals surface area contributed by atoms with E-state index in [4.69, 9.17) is 15.5 Å². The molecule has 0 aliphatic carbocycles. The number of carbonyl (C=O) groups excluding carboxylic acids is 1. The van der Waals surface area contributed by atoms with Gasteiger partial charge in [0.1, 0.15) is 6.04 Å². The molecule has 0 radical (unpaired) electrons. The van der Waals surface area contributed by atoms with Crippen LogP contribution in [-0.2, 0) is 14.1 Å². The second-order valence-corrected chi connectivity index (χ2v) is 4.41. The molecule has 0 aliphatic heterocycles. The lowest BCUT2D eigenvalue weighted by Gasteiger charge is -2.10. The molecule has 6 nitrogen and oxygen atoms in total. The molecule has 0 bridgehead atoms. The van der Waals surface area contributed by atoms with E-state index in [9.17, 15) is 9.36 Å². The fourth-order valence-corrected chi connectivity index (χ4v) is 1.09. The standard InChI is InChI=1S/C5H12NO5PS/c6-4(1-2-13)5(7)11-3-12(8,9)10/h4,13H,1-3,6H2,(H2,8,9,10)/t4-/m0/s1. The van der Waals surface area contributed by atoms with E-state index in [0.29, 0.717) is 12.2 Å². The number of hydrogen-bond donors (Lipinski definition) is 4. The van der Waals surface area contributed by atoms with Crippen molar-refractivity contribution in [2.45, 2.75) is 12.5 Å². The first kappa shape index (κ1) is 12.9. The molecular formula is C5H12NO5PS. The van der Waals surface area contributed by atoms with Gasteiger partial charge in [-0.1, -0.05) is 0 Å². The number of hydrogen-bond acceptors (Lipinski definition) is 5. The first-order valence-electron chi connectivity index (χ1n) is 3.44. The van der Waals surface area contributed by atoms with Crippen LogP contribution in [0.3, 0.4) is 0 Å². The Balaban J connectivity index is 3.81. The summed E-state index contributed by atoms with van der Waals surface area (Å²) in [7, 11) is -4.30. The Morgan fingerprint density at radius 2 is 2.15 bits per heavy atom. The van der Waals surface area contributed by atoms with Gasteiger partial charge in [-0.15, -0.1) is 0 Å². The first-order valence-corrected chi connectivity index (χ1v) is 5.87. The monoisotopic (exact) mass is 229 g/mol. The smallest absolute Gasteiger partial charge is 0.362 e. The third kappa shape index (κ3) is 7.04. The van der Waals surface area contributed by atoms with Gasteiger partial charge in [0.15, 0.2) is 6.35 Å². The maximum Gasteiger partial charge on any atom is 0.362 e. The zero-order valence-electron chi connectivity index (χ0n) is 6.79. The molecule has 0 aromatic heterocycles. The average Bonchev–Trinajstić information content (AvgIpc) is 1.99. The zero-order chi connectivity index (χ0) is 10.5. The summed E-state index contributed by atoms with van der Waals surface area (Å²) in [5.74, 6) is -0.413. The van der Waals surface area contributed by atoms with Gasteiger partial charge in [0.25, 0.3) is 0 Å². The van der Waals surface area contributed by atoms with Gasteiger partial charge in [0.05, 0.1) is 0 Å². The Morgan fingerprint density at radius 3 is 2.54 bits per heavy atom. The first-order chi connectivity index (χ1) is 5.87. The number of ether oxygens (including phenoxy) is 1. The Labute approximate surface area is 81.0 Å². The summed E-state index contributed by atoms with van der Waals surface area (Å²) in [5, 5.41) is 0. The van der Waals surface area contributed by atoms with Crippen LogP contribution in [0.4, 0.5) is 0 Å². The van der Waals surface area contributed by atoms with Crippen LogP contribution in [0.25, 0.3) is 0 Å². The zero-order valence-corrected chi connectivity index (χ0v) is 8.58. The lowest BCUT2D eigenvalue weighted by molar-refractivity contribution is -0.143. The molecular weight excluding hydrogens is 217 g/mol. The summed E-state index contributed by atoms with van der Waals surface area (Å²) < 4.78 is 14.5. The fraction of sp³-hybridized carbons (Fsp3) is 0.800. The van der Waals surface area contributed by atoms with Crippen LogP contribution >= 0.6 is 20.2 Å². The lowest BCUT2D eigenvalue weighted by Crippen LogP contribution is -2.32. The van der Waals surface area contributed by atoms with Crippen LogP contribution in [0, 0.1) is 0 Å². The van der Waals surface area contributed by atoms with Crippen molar-refractivity contribution in [2.75, 3.05) is 12.1 Å². The van der Waals surface area contributed by atoms with Crippen molar-refractivity contribution in [3.8, 4) is 0 Å². The molecule has 0 aromatic carbocycles. The van der Waals surface area contributed by atoms with Crippen molar-refractivity contribution in [1.29, 1.82) is 0 Å². The third-order valence-corrected chi connectivity index (χ3v) is 1.84. The van der Waals surface area contributed by atoms with Crippen LogP contribution in [-0.4, -0.2) is 33.9 Å². The van der Waals surface area contributed by atoms with Gasteiger partial charge in [-0.25, -0.2) is 0 Å². The molecule has 4 N–H and O–H groups in total. The van der Waals surface area contributed by atoms with Gasteiger partial charge >= 0.3 is 13.6 Å². The number of esters is 1. The summed E-state index contributed by atoms with van der Waals surface area (Å²) in [6.07, 6.45) is -0.616. The van der Waals surface area contributed by atoms with E-state index in [1.807, 2.05) is 0 Å². The van der Waals surface area contributed by atoms with Crippen LogP contribution in [0.1, 0.15) is 6.42 Å². The lowest BCUT2D eigenvalue weighted by atomic mass is 10.2. The molecule has 1 atom stereocenters. The molecule has 0 rings (SSSR count). The quantitative estimate of drug-likeness (QED) is 0.282. The highest BCUT2D eigenvalue weighted by Crippen LogP contribution is 2.33. The van der Waals surface area contributed by atoms with E-state index in [0.717, 1.165) is 0 Å². The van der Waals surface area contributed by atoms with E-state index in [1.54, 1.807) is 0 Å². The van der Waals surface area contributed by atoms with E-state index in [2.05, 4.69) is 17.4 Å². The number of thiol groups is 1. The molecule has 0 aliphatic rings. The van der Waals surface area contributed by atoms with Crippen LogP contribution < -0.4 is 5.73 Å². The minimum Gasteiger partial charge on any atom is -0.452 e. The molecule has 0 aromatic rings. The molecule has 8 heteroatoms. The predicted molar refractivity (Wildman–Crippen MR) is 49.4 cm³/mol. The second kappa shape index (κ2) is 5.62. The fourth-order valence-electron chi connectivity index (χ4n) is 0.512. The minimum absolute atomic E-state index is 0.309. The molecule has 0 saturated carbocycles. The SMILES string of the molecule is N[C@@H](CCS)C(=O)OCP(=O)(O)O.